The first-order chi connectivity index (χ1) is 12.8. The average molecular weight is 379 g/mol. The van der Waals surface area contributed by atoms with Crippen molar-refractivity contribution in [3.05, 3.63) is 35.6 Å². The molecular weight excluding hydrogens is 355 g/mol. The van der Waals surface area contributed by atoms with Crippen LogP contribution in [-0.2, 0) is 6.54 Å². The molecule has 2 aliphatic heterocycles. The van der Waals surface area contributed by atoms with Gasteiger partial charge in [0, 0.05) is 36.6 Å². The molecule has 2 aliphatic rings. The molecule has 1 aromatic carbocycles. The number of fused-ring (bicyclic) bond motifs is 1. The highest BCUT2D eigenvalue weighted by Gasteiger charge is 2.39. The van der Waals surface area contributed by atoms with Gasteiger partial charge in [0.05, 0.1) is 19.7 Å². The summed E-state index contributed by atoms with van der Waals surface area (Å²) >= 11 is 0. The van der Waals surface area contributed by atoms with E-state index in [0.29, 0.717) is 43.4 Å². The van der Waals surface area contributed by atoms with Gasteiger partial charge in [0.1, 0.15) is 11.5 Å². The van der Waals surface area contributed by atoms with E-state index in [9.17, 15) is 13.2 Å². The maximum atomic E-state index is 14.3. The first kappa shape index (κ1) is 18.3. The van der Waals surface area contributed by atoms with Crippen LogP contribution in [0.5, 0.6) is 5.88 Å². The van der Waals surface area contributed by atoms with E-state index in [1.165, 1.54) is 6.07 Å². The molecule has 1 unspecified atom stereocenters. The monoisotopic (exact) mass is 379 g/mol. The summed E-state index contributed by atoms with van der Waals surface area (Å²) in [6.07, 6.45) is -0.0808. The Morgan fingerprint density at radius 3 is 2.74 bits per heavy atom. The van der Waals surface area contributed by atoms with Crippen LogP contribution in [0.2, 0.25) is 0 Å². The third kappa shape index (κ3) is 3.57. The van der Waals surface area contributed by atoms with Gasteiger partial charge in [-0.05, 0) is 18.1 Å². The van der Waals surface area contributed by atoms with E-state index in [4.69, 9.17) is 4.74 Å². The lowest BCUT2D eigenvalue weighted by Gasteiger charge is -2.28. The Hall–Kier alpha value is -2.02. The van der Waals surface area contributed by atoms with Crippen molar-refractivity contribution in [2.45, 2.75) is 38.7 Å². The second-order valence-electron chi connectivity index (χ2n) is 7.90. The molecule has 4 nitrogen and oxygen atoms in total. The zero-order valence-corrected chi connectivity index (χ0v) is 15.6. The first-order valence-corrected chi connectivity index (χ1v) is 9.42. The molecule has 1 atom stereocenters. The maximum Gasteiger partial charge on any atom is 0.261 e. The third-order valence-electron chi connectivity index (χ3n) is 5.30. The van der Waals surface area contributed by atoms with Crippen molar-refractivity contribution >= 4 is 0 Å². The molecule has 1 aromatic heterocycles. The summed E-state index contributed by atoms with van der Waals surface area (Å²) in [6.45, 7) is 5.89. The molecule has 3 heterocycles. The van der Waals surface area contributed by atoms with Gasteiger partial charge >= 0.3 is 0 Å². The molecule has 146 valence electrons. The average Bonchev–Trinajstić information content (AvgIpc) is 3.14. The van der Waals surface area contributed by atoms with Crippen LogP contribution in [0.15, 0.2) is 24.3 Å². The zero-order valence-electron chi connectivity index (χ0n) is 15.6. The quantitative estimate of drug-likeness (QED) is 0.799. The third-order valence-corrected chi connectivity index (χ3v) is 5.30. The lowest BCUT2D eigenvalue weighted by atomic mass is 9.98. The minimum atomic E-state index is -2.59. The van der Waals surface area contributed by atoms with Crippen molar-refractivity contribution in [3.63, 3.8) is 0 Å². The van der Waals surface area contributed by atoms with Crippen LogP contribution in [0.4, 0.5) is 13.2 Å². The van der Waals surface area contributed by atoms with Crippen molar-refractivity contribution in [3.8, 4) is 17.1 Å². The fourth-order valence-electron chi connectivity index (χ4n) is 4.04. The summed E-state index contributed by atoms with van der Waals surface area (Å²) in [7, 11) is 0. The number of ether oxygens (including phenoxy) is 1. The van der Waals surface area contributed by atoms with E-state index < -0.39 is 5.92 Å². The lowest BCUT2D eigenvalue weighted by Crippen LogP contribution is -2.37. The van der Waals surface area contributed by atoms with Crippen LogP contribution in [0.1, 0.15) is 31.7 Å². The minimum absolute atomic E-state index is 0.0808. The topological polar surface area (TPSA) is 30.3 Å². The molecule has 1 fully saturated rings. The highest BCUT2D eigenvalue weighted by Crippen LogP contribution is 2.39. The molecule has 1 saturated heterocycles. The first-order valence-electron chi connectivity index (χ1n) is 9.42. The van der Waals surface area contributed by atoms with Gasteiger partial charge in [0.15, 0.2) is 0 Å². The van der Waals surface area contributed by atoms with Gasteiger partial charge < -0.3 is 4.74 Å². The Labute approximate surface area is 156 Å². The van der Waals surface area contributed by atoms with E-state index in [1.807, 2.05) is 13.8 Å². The Kier molecular flexibility index (Phi) is 4.66. The fourth-order valence-corrected chi connectivity index (χ4v) is 4.04. The van der Waals surface area contributed by atoms with Crippen molar-refractivity contribution in [2.75, 3.05) is 26.2 Å². The van der Waals surface area contributed by atoms with Crippen LogP contribution in [-0.4, -0.2) is 46.8 Å². The molecule has 0 aliphatic carbocycles. The summed E-state index contributed by atoms with van der Waals surface area (Å²) in [5.41, 5.74) is 1.96. The summed E-state index contributed by atoms with van der Waals surface area (Å²) in [6, 6.07) is 6.59. The number of hydrogen-bond acceptors (Lipinski definition) is 3. The molecule has 0 saturated carbocycles. The van der Waals surface area contributed by atoms with E-state index in [0.717, 1.165) is 5.56 Å². The smallest absolute Gasteiger partial charge is 0.261 e. The van der Waals surface area contributed by atoms with Crippen molar-refractivity contribution in [2.24, 2.45) is 5.92 Å². The Balaban J connectivity index is 1.59. The number of rotatable bonds is 4. The molecular formula is C20H24F3N3O. The van der Waals surface area contributed by atoms with Gasteiger partial charge in [-0.25, -0.2) is 17.9 Å². The minimum Gasteiger partial charge on any atom is -0.477 e. The SMILES string of the molecule is CC(C)c1c(-c2ccccc2F)nn2c1OCC(CN1CCC(F)(F)C1)C2. The number of nitrogens with zero attached hydrogens (tertiary/aromatic N) is 3. The summed E-state index contributed by atoms with van der Waals surface area (Å²) in [4.78, 5) is 1.80. The predicted octanol–water partition coefficient (Wildman–Crippen LogP) is 4.16. The number of halogens is 3. The number of likely N-dealkylation sites (tertiary alicyclic amines) is 1. The van der Waals surface area contributed by atoms with Gasteiger partial charge in [-0.3, -0.25) is 4.90 Å². The Bertz CT molecular complexity index is 834. The number of alkyl halides is 2. The number of hydrogen-bond donors (Lipinski definition) is 0. The molecule has 0 N–H and O–H groups in total. The molecule has 0 radical (unpaired) electrons. The highest BCUT2D eigenvalue weighted by molar-refractivity contribution is 5.67. The Morgan fingerprint density at radius 2 is 2.07 bits per heavy atom. The predicted molar refractivity (Wildman–Crippen MR) is 96.7 cm³/mol. The Morgan fingerprint density at radius 1 is 1.30 bits per heavy atom. The van der Waals surface area contributed by atoms with E-state index in [2.05, 4.69) is 5.10 Å². The van der Waals surface area contributed by atoms with Crippen molar-refractivity contribution in [1.29, 1.82) is 0 Å². The van der Waals surface area contributed by atoms with Crippen LogP contribution in [0.3, 0.4) is 0 Å². The van der Waals surface area contributed by atoms with Gasteiger partial charge in [0.25, 0.3) is 5.92 Å². The fraction of sp³-hybridized carbons (Fsp3) is 0.550. The number of benzene rings is 1. The summed E-state index contributed by atoms with van der Waals surface area (Å²) in [5, 5.41) is 4.64. The van der Waals surface area contributed by atoms with Gasteiger partial charge in [-0.2, -0.15) is 5.10 Å². The van der Waals surface area contributed by atoms with Crippen molar-refractivity contribution in [1.82, 2.24) is 14.7 Å². The molecule has 0 bridgehead atoms. The molecule has 2 aromatic rings. The van der Waals surface area contributed by atoms with Crippen LogP contribution in [0, 0.1) is 11.7 Å². The molecule has 0 spiro atoms. The van der Waals surface area contributed by atoms with Crippen LogP contribution < -0.4 is 4.74 Å². The normalized spacial score (nSPS) is 22.1. The molecule has 0 amide bonds. The van der Waals surface area contributed by atoms with Crippen LogP contribution in [0.25, 0.3) is 11.3 Å². The summed E-state index contributed by atoms with van der Waals surface area (Å²) in [5.74, 6) is -2.02. The molecule has 7 heteroatoms. The number of aromatic nitrogens is 2. The van der Waals surface area contributed by atoms with Gasteiger partial charge in [-0.15, -0.1) is 0 Å². The van der Waals surface area contributed by atoms with Gasteiger partial charge in [0.2, 0.25) is 5.88 Å². The van der Waals surface area contributed by atoms with Crippen molar-refractivity contribution < 1.29 is 17.9 Å². The second kappa shape index (κ2) is 6.86. The largest absolute Gasteiger partial charge is 0.477 e. The van der Waals surface area contributed by atoms with E-state index >= 15 is 0 Å². The van der Waals surface area contributed by atoms with E-state index in [1.54, 1.807) is 27.8 Å². The van der Waals surface area contributed by atoms with Crippen LogP contribution >= 0.6 is 0 Å². The van der Waals surface area contributed by atoms with Gasteiger partial charge in [-0.1, -0.05) is 26.0 Å². The zero-order chi connectivity index (χ0) is 19.2. The molecule has 27 heavy (non-hydrogen) atoms. The summed E-state index contributed by atoms with van der Waals surface area (Å²) < 4.78 is 49.0. The standard InChI is InChI=1S/C20H24F3N3O/c1-13(2)17-18(15-5-3-4-6-16(15)21)24-26-10-14(11-27-19(17)26)9-25-8-7-20(22,23)12-25/h3-6,13-14H,7-12H2,1-2H3. The lowest BCUT2D eigenvalue weighted by molar-refractivity contribution is 0.00871. The van der Waals surface area contributed by atoms with E-state index in [-0.39, 0.29) is 30.6 Å². The second-order valence-corrected chi connectivity index (χ2v) is 7.90. The maximum absolute atomic E-state index is 14.3. The molecule has 4 rings (SSSR count). The highest BCUT2D eigenvalue weighted by atomic mass is 19.3.